The van der Waals surface area contributed by atoms with Gasteiger partial charge < -0.3 is 0 Å². The van der Waals surface area contributed by atoms with E-state index in [9.17, 15) is 8.78 Å². The average molecular weight is 345 g/mol. The van der Waals surface area contributed by atoms with Crippen molar-refractivity contribution in [3.05, 3.63) is 85.5 Å². The van der Waals surface area contributed by atoms with E-state index in [0.717, 1.165) is 17.8 Å². The highest BCUT2D eigenvalue weighted by Gasteiger charge is 2.21. The molecule has 4 heteroatoms. The summed E-state index contributed by atoms with van der Waals surface area (Å²) in [6.45, 7) is 7.77. The SMILES string of the molecule is C=CC[SiH](C[SiH](CC=C)c1ccc(F)cc1)c1ccc(F)cc1. The molecule has 0 nitrogen and oxygen atoms in total. The summed E-state index contributed by atoms with van der Waals surface area (Å²) < 4.78 is 26.4. The highest BCUT2D eigenvalue weighted by molar-refractivity contribution is 6.90. The first-order chi connectivity index (χ1) is 11.1. The van der Waals surface area contributed by atoms with E-state index >= 15 is 0 Å². The van der Waals surface area contributed by atoms with Gasteiger partial charge in [0.15, 0.2) is 0 Å². The van der Waals surface area contributed by atoms with Crippen LogP contribution in [-0.4, -0.2) is 17.6 Å². The summed E-state index contributed by atoms with van der Waals surface area (Å²) in [5.41, 5.74) is 1.16. The van der Waals surface area contributed by atoms with Crippen molar-refractivity contribution in [2.45, 2.75) is 17.8 Å². The Morgan fingerprint density at radius 1 is 0.696 bits per heavy atom. The monoisotopic (exact) mass is 344 g/mol. The number of halogens is 2. The van der Waals surface area contributed by atoms with E-state index in [1.54, 1.807) is 24.3 Å². The van der Waals surface area contributed by atoms with Crippen LogP contribution in [0.25, 0.3) is 0 Å². The number of allylic oxidation sites excluding steroid dienone is 2. The molecule has 0 aromatic heterocycles. The van der Waals surface area contributed by atoms with E-state index in [2.05, 4.69) is 13.2 Å². The molecule has 23 heavy (non-hydrogen) atoms. The van der Waals surface area contributed by atoms with Crippen LogP contribution in [0.4, 0.5) is 8.78 Å². The molecular weight excluding hydrogens is 322 g/mol. The Kier molecular flexibility index (Phi) is 6.68. The molecule has 0 aliphatic rings. The van der Waals surface area contributed by atoms with Crippen LogP contribution in [0.15, 0.2) is 73.8 Å². The molecule has 2 aromatic carbocycles. The van der Waals surface area contributed by atoms with E-state index in [-0.39, 0.29) is 11.6 Å². The first-order valence-electron chi connectivity index (χ1n) is 7.86. The fraction of sp³-hybridized carbons (Fsp3) is 0.158. The first kappa shape index (κ1) is 17.6. The Balaban J connectivity index is 2.23. The molecule has 0 fully saturated rings. The van der Waals surface area contributed by atoms with Gasteiger partial charge in [0.25, 0.3) is 0 Å². The molecule has 0 aliphatic carbocycles. The van der Waals surface area contributed by atoms with Gasteiger partial charge in [-0.2, -0.15) is 0 Å². The summed E-state index contributed by atoms with van der Waals surface area (Å²) in [6, 6.07) is 15.8. The predicted molar refractivity (Wildman–Crippen MR) is 101 cm³/mol. The minimum absolute atomic E-state index is 0.196. The lowest BCUT2D eigenvalue weighted by atomic mass is 10.3. The molecule has 0 radical (unpaired) electrons. The normalized spacial score (nSPS) is 13.3. The van der Waals surface area contributed by atoms with Gasteiger partial charge in [0.2, 0.25) is 0 Å². The van der Waals surface area contributed by atoms with Crippen LogP contribution >= 0.6 is 0 Å². The van der Waals surface area contributed by atoms with E-state index in [4.69, 9.17) is 0 Å². The maximum absolute atomic E-state index is 13.2. The second kappa shape index (κ2) is 8.74. The third kappa shape index (κ3) is 5.11. The van der Waals surface area contributed by atoms with Crippen molar-refractivity contribution in [3.8, 4) is 0 Å². The van der Waals surface area contributed by atoms with Gasteiger partial charge in [-0.3, -0.25) is 0 Å². The zero-order valence-electron chi connectivity index (χ0n) is 13.2. The van der Waals surface area contributed by atoms with Crippen LogP contribution in [0.2, 0.25) is 17.8 Å². The van der Waals surface area contributed by atoms with Crippen molar-refractivity contribution in [1.82, 2.24) is 0 Å². The second-order valence-electron chi connectivity index (χ2n) is 5.78. The Morgan fingerprint density at radius 3 is 1.35 bits per heavy atom. The average Bonchev–Trinajstić information content (AvgIpc) is 2.55. The minimum Gasteiger partial charge on any atom is -0.207 e. The Hall–Kier alpha value is -1.79. The van der Waals surface area contributed by atoms with E-state index in [0.29, 0.717) is 0 Å². The minimum atomic E-state index is -1.25. The van der Waals surface area contributed by atoms with Crippen LogP contribution in [0.5, 0.6) is 0 Å². The van der Waals surface area contributed by atoms with Gasteiger partial charge in [-0.1, -0.05) is 52.5 Å². The van der Waals surface area contributed by atoms with Gasteiger partial charge in [-0.15, -0.1) is 13.2 Å². The number of hydrogen-bond donors (Lipinski definition) is 0. The molecule has 0 saturated carbocycles. The molecule has 0 amide bonds. The summed E-state index contributed by atoms with van der Waals surface area (Å²) in [5.74, 6) is -0.392. The number of hydrogen-bond acceptors (Lipinski definition) is 0. The quantitative estimate of drug-likeness (QED) is 0.508. The summed E-state index contributed by atoms with van der Waals surface area (Å²) >= 11 is 0. The lowest BCUT2D eigenvalue weighted by molar-refractivity contribution is 0.628. The van der Waals surface area contributed by atoms with Crippen molar-refractivity contribution in [3.63, 3.8) is 0 Å². The number of rotatable bonds is 8. The summed E-state index contributed by atoms with van der Waals surface area (Å²) in [7, 11) is -2.50. The maximum atomic E-state index is 13.2. The van der Waals surface area contributed by atoms with E-state index in [1.165, 1.54) is 10.4 Å². The van der Waals surface area contributed by atoms with Crippen LogP contribution in [0.1, 0.15) is 0 Å². The van der Waals surface area contributed by atoms with Gasteiger partial charge in [0.1, 0.15) is 11.6 Å². The van der Waals surface area contributed by atoms with Crippen molar-refractivity contribution in [1.29, 1.82) is 0 Å². The first-order valence-corrected chi connectivity index (χ1v) is 12.3. The van der Waals surface area contributed by atoms with Crippen molar-refractivity contribution in [2.75, 3.05) is 0 Å². The molecule has 2 rings (SSSR count). The molecule has 0 aliphatic heterocycles. The fourth-order valence-electron chi connectivity index (χ4n) is 2.95. The maximum Gasteiger partial charge on any atom is 0.123 e. The Labute approximate surface area is 140 Å². The van der Waals surface area contributed by atoms with Crippen LogP contribution < -0.4 is 10.4 Å². The van der Waals surface area contributed by atoms with Gasteiger partial charge >= 0.3 is 0 Å². The highest BCUT2D eigenvalue weighted by Crippen LogP contribution is 2.11. The summed E-state index contributed by atoms with van der Waals surface area (Å²) in [4.78, 5) is 0. The van der Waals surface area contributed by atoms with Crippen molar-refractivity contribution >= 4 is 28.0 Å². The van der Waals surface area contributed by atoms with Gasteiger partial charge in [-0.25, -0.2) is 8.78 Å². The lowest BCUT2D eigenvalue weighted by Gasteiger charge is -2.21. The second-order valence-corrected chi connectivity index (χ2v) is 12.7. The van der Waals surface area contributed by atoms with Crippen LogP contribution in [-0.2, 0) is 0 Å². The molecule has 120 valence electrons. The molecular formula is C19H22F2Si2. The van der Waals surface area contributed by atoms with Gasteiger partial charge in [0, 0.05) is 0 Å². The largest absolute Gasteiger partial charge is 0.207 e. The molecule has 2 atom stereocenters. The molecule has 0 spiro atoms. The Morgan fingerprint density at radius 2 is 1.04 bits per heavy atom. The van der Waals surface area contributed by atoms with Crippen LogP contribution in [0, 0.1) is 11.6 Å². The number of benzene rings is 2. The van der Waals surface area contributed by atoms with Gasteiger partial charge in [-0.05, 0) is 36.4 Å². The smallest absolute Gasteiger partial charge is 0.123 e. The topological polar surface area (TPSA) is 0 Å². The standard InChI is InChI=1S/C19H22F2Si2/c1-3-13-22(18-9-5-16(20)6-10-18)15-23(14-4-2)19-11-7-17(21)8-12-19/h3-12,22-23H,1-2,13-15H2. The molecule has 2 unspecified atom stereocenters. The van der Waals surface area contributed by atoms with Crippen molar-refractivity contribution in [2.24, 2.45) is 0 Å². The molecule has 0 bridgehead atoms. The highest BCUT2D eigenvalue weighted by atomic mass is 28.3. The van der Waals surface area contributed by atoms with E-state index in [1.807, 2.05) is 36.4 Å². The summed E-state index contributed by atoms with van der Waals surface area (Å²) in [6.07, 6.45) is 3.95. The molecule has 0 heterocycles. The van der Waals surface area contributed by atoms with Gasteiger partial charge in [0.05, 0.1) is 17.6 Å². The molecule has 0 N–H and O–H groups in total. The van der Waals surface area contributed by atoms with Crippen molar-refractivity contribution < 1.29 is 8.78 Å². The third-order valence-electron chi connectivity index (χ3n) is 4.15. The molecule has 2 aromatic rings. The van der Waals surface area contributed by atoms with E-state index < -0.39 is 17.6 Å². The fourth-order valence-corrected chi connectivity index (χ4v) is 12.2. The Bertz CT molecular complexity index is 578. The zero-order chi connectivity index (χ0) is 16.7. The summed E-state index contributed by atoms with van der Waals surface area (Å²) in [5, 5.41) is 2.55. The predicted octanol–water partition coefficient (Wildman–Crippen LogP) is 3.44. The lowest BCUT2D eigenvalue weighted by Crippen LogP contribution is -2.40. The van der Waals surface area contributed by atoms with Crippen LogP contribution in [0.3, 0.4) is 0 Å². The molecule has 0 saturated heterocycles. The zero-order valence-corrected chi connectivity index (χ0v) is 15.5. The third-order valence-corrected chi connectivity index (χ3v) is 13.2.